The molecule has 0 heterocycles. The number of carbonyl (C=O) groups is 2. The average molecular weight is 220 g/mol. The number of nitrogens with one attached hydrogen (secondary N) is 1. The number of thioether (sulfide) groups is 1. The molecule has 0 aliphatic rings. The molecule has 0 aliphatic heterocycles. The zero-order valence-electron chi connectivity index (χ0n) is 8.41. The van der Waals surface area contributed by atoms with E-state index in [1.165, 1.54) is 18.9 Å². The van der Waals surface area contributed by atoms with E-state index in [1.54, 1.807) is 0 Å². The maximum absolute atomic E-state index is 11.1. The number of ether oxygens (including phenoxy) is 1. The Bertz CT molecular complexity index is 199. The first kappa shape index (κ1) is 13.2. The summed E-state index contributed by atoms with van der Waals surface area (Å²) in [5.74, 6) is 5.10. The van der Waals surface area contributed by atoms with Crippen LogP contribution in [0.4, 0.5) is 0 Å². The third kappa shape index (κ3) is 5.08. The minimum Gasteiger partial charge on any atom is -0.469 e. The summed E-state index contributed by atoms with van der Waals surface area (Å²) in [5, 5.41) is -0.190. The SMILES string of the molecule is CCC(SCCC(=O)OC)C(=O)NN. The second kappa shape index (κ2) is 7.64. The van der Waals surface area contributed by atoms with Gasteiger partial charge in [-0.15, -0.1) is 11.8 Å². The summed E-state index contributed by atoms with van der Waals surface area (Å²) >= 11 is 1.41. The lowest BCUT2D eigenvalue weighted by molar-refractivity contribution is -0.140. The Morgan fingerprint density at radius 2 is 2.21 bits per heavy atom. The van der Waals surface area contributed by atoms with E-state index >= 15 is 0 Å². The van der Waals surface area contributed by atoms with Gasteiger partial charge in [-0.2, -0.15) is 0 Å². The van der Waals surface area contributed by atoms with Crippen LogP contribution >= 0.6 is 11.8 Å². The summed E-state index contributed by atoms with van der Waals surface area (Å²) in [6.07, 6.45) is 1.00. The number of methoxy groups -OCH3 is 1. The summed E-state index contributed by atoms with van der Waals surface area (Å²) in [6.45, 7) is 1.89. The Hall–Kier alpha value is -0.750. The number of carbonyl (C=O) groups excluding carboxylic acids is 2. The predicted octanol–water partition coefficient (Wildman–Crippen LogP) is 0.0512. The highest BCUT2D eigenvalue weighted by Crippen LogP contribution is 2.15. The lowest BCUT2D eigenvalue weighted by Crippen LogP contribution is -2.37. The Morgan fingerprint density at radius 1 is 1.57 bits per heavy atom. The van der Waals surface area contributed by atoms with Crippen LogP contribution in [0.1, 0.15) is 19.8 Å². The Balaban J connectivity index is 3.73. The zero-order valence-corrected chi connectivity index (χ0v) is 9.23. The fraction of sp³-hybridized carbons (Fsp3) is 0.750. The molecule has 0 aromatic rings. The molecule has 0 aromatic carbocycles. The first-order chi connectivity index (χ1) is 6.65. The topological polar surface area (TPSA) is 81.4 Å². The van der Waals surface area contributed by atoms with Crippen LogP contribution < -0.4 is 11.3 Å². The molecule has 1 amide bonds. The number of nitrogens with two attached hydrogens (primary N) is 1. The van der Waals surface area contributed by atoms with Crippen molar-refractivity contribution in [3.05, 3.63) is 0 Å². The molecular formula is C8H16N2O3S. The van der Waals surface area contributed by atoms with Gasteiger partial charge in [-0.3, -0.25) is 15.0 Å². The van der Waals surface area contributed by atoms with Gasteiger partial charge in [0.05, 0.1) is 18.8 Å². The smallest absolute Gasteiger partial charge is 0.306 e. The Labute approximate surface area is 87.7 Å². The molecule has 6 heteroatoms. The molecule has 0 aliphatic carbocycles. The van der Waals surface area contributed by atoms with Gasteiger partial charge in [0.15, 0.2) is 0 Å². The van der Waals surface area contributed by atoms with Gasteiger partial charge in [0.1, 0.15) is 0 Å². The van der Waals surface area contributed by atoms with Gasteiger partial charge in [-0.25, -0.2) is 5.84 Å². The average Bonchev–Trinajstić information content (AvgIpc) is 2.22. The quantitative estimate of drug-likeness (QED) is 0.286. The van der Waals surface area contributed by atoms with Gasteiger partial charge in [-0.1, -0.05) is 6.92 Å². The molecule has 14 heavy (non-hydrogen) atoms. The first-order valence-corrected chi connectivity index (χ1v) is 5.39. The van der Waals surface area contributed by atoms with Crippen molar-refractivity contribution in [3.8, 4) is 0 Å². The summed E-state index contributed by atoms with van der Waals surface area (Å²) in [4.78, 5) is 21.9. The highest BCUT2D eigenvalue weighted by molar-refractivity contribution is 8.00. The van der Waals surface area contributed by atoms with Crippen molar-refractivity contribution in [2.45, 2.75) is 25.0 Å². The van der Waals surface area contributed by atoms with Crippen LogP contribution in [0.3, 0.4) is 0 Å². The van der Waals surface area contributed by atoms with E-state index in [2.05, 4.69) is 10.2 Å². The van der Waals surface area contributed by atoms with E-state index in [0.29, 0.717) is 18.6 Å². The van der Waals surface area contributed by atoms with E-state index in [4.69, 9.17) is 5.84 Å². The van der Waals surface area contributed by atoms with Crippen molar-refractivity contribution >= 4 is 23.6 Å². The van der Waals surface area contributed by atoms with Crippen molar-refractivity contribution < 1.29 is 14.3 Å². The number of amides is 1. The van der Waals surface area contributed by atoms with Crippen molar-refractivity contribution in [1.82, 2.24) is 5.43 Å². The summed E-state index contributed by atoms with van der Waals surface area (Å²) in [7, 11) is 1.34. The molecular weight excluding hydrogens is 204 g/mol. The monoisotopic (exact) mass is 220 g/mol. The van der Waals surface area contributed by atoms with Gasteiger partial charge in [0.25, 0.3) is 0 Å². The van der Waals surface area contributed by atoms with E-state index < -0.39 is 0 Å². The first-order valence-electron chi connectivity index (χ1n) is 4.34. The van der Waals surface area contributed by atoms with Crippen molar-refractivity contribution in [1.29, 1.82) is 0 Å². The predicted molar refractivity (Wildman–Crippen MR) is 55.5 cm³/mol. The van der Waals surface area contributed by atoms with Gasteiger partial charge in [0, 0.05) is 5.75 Å². The Morgan fingerprint density at radius 3 is 2.64 bits per heavy atom. The fourth-order valence-corrected chi connectivity index (χ4v) is 1.88. The van der Waals surface area contributed by atoms with Crippen LogP contribution in [0.5, 0.6) is 0 Å². The van der Waals surface area contributed by atoms with Crippen molar-refractivity contribution in [2.75, 3.05) is 12.9 Å². The molecule has 0 fully saturated rings. The van der Waals surface area contributed by atoms with Crippen LogP contribution in [0.15, 0.2) is 0 Å². The molecule has 0 aromatic heterocycles. The molecule has 0 bridgehead atoms. The summed E-state index contributed by atoms with van der Waals surface area (Å²) < 4.78 is 4.47. The fourth-order valence-electron chi connectivity index (χ4n) is 0.858. The van der Waals surface area contributed by atoms with Crippen LogP contribution in [0, 0.1) is 0 Å². The molecule has 82 valence electrons. The molecule has 3 N–H and O–H groups in total. The lowest BCUT2D eigenvalue weighted by atomic mass is 10.3. The van der Waals surface area contributed by atoms with E-state index in [-0.39, 0.29) is 17.1 Å². The molecule has 1 unspecified atom stereocenters. The highest BCUT2D eigenvalue weighted by atomic mass is 32.2. The largest absolute Gasteiger partial charge is 0.469 e. The highest BCUT2D eigenvalue weighted by Gasteiger charge is 2.15. The van der Waals surface area contributed by atoms with Crippen LogP contribution in [-0.4, -0.2) is 30.0 Å². The third-order valence-electron chi connectivity index (χ3n) is 1.66. The van der Waals surface area contributed by atoms with E-state index in [0.717, 1.165) is 0 Å². The normalized spacial score (nSPS) is 11.9. The Kier molecular flexibility index (Phi) is 7.23. The number of hydrazine groups is 1. The molecule has 0 saturated heterocycles. The maximum Gasteiger partial charge on any atom is 0.306 e. The van der Waals surface area contributed by atoms with Gasteiger partial charge in [0.2, 0.25) is 5.91 Å². The van der Waals surface area contributed by atoms with Gasteiger partial charge < -0.3 is 4.74 Å². The number of esters is 1. The van der Waals surface area contributed by atoms with Crippen molar-refractivity contribution in [2.24, 2.45) is 5.84 Å². The molecule has 0 saturated carbocycles. The van der Waals surface area contributed by atoms with E-state index in [9.17, 15) is 9.59 Å². The maximum atomic E-state index is 11.1. The van der Waals surface area contributed by atoms with Crippen LogP contribution in [0.25, 0.3) is 0 Å². The second-order valence-electron chi connectivity index (χ2n) is 2.60. The molecule has 0 rings (SSSR count). The molecule has 5 nitrogen and oxygen atoms in total. The lowest BCUT2D eigenvalue weighted by Gasteiger charge is -2.11. The standard InChI is InChI=1S/C8H16N2O3S/c1-3-6(8(12)10-9)14-5-4-7(11)13-2/h6H,3-5,9H2,1-2H3,(H,10,12). The minimum atomic E-state index is -0.263. The number of hydrogen-bond acceptors (Lipinski definition) is 5. The second-order valence-corrected chi connectivity index (χ2v) is 3.91. The molecule has 0 radical (unpaired) electrons. The van der Waals surface area contributed by atoms with Crippen LogP contribution in [-0.2, 0) is 14.3 Å². The molecule has 0 spiro atoms. The summed E-state index contributed by atoms with van der Waals surface area (Å²) in [5.41, 5.74) is 2.09. The summed E-state index contributed by atoms with van der Waals surface area (Å²) in [6, 6.07) is 0. The van der Waals surface area contributed by atoms with Crippen molar-refractivity contribution in [3.63, 3.8) is 0 Å². The van der Waals surface area contributed by atoms with Gasteiger partial charge >= 0.3 is 5.97 Å². The number of hydrogen-bond donors (Lipinski definition) is 2. The van der Waals surface area contributed by atoms with Crippen LogP contribution in [0.2, 0.25) is 0 Å². The minimum absolute atomic E-state index is 0.190. The third-order valence-corrected chi connectivity index (χ3v) is 3.05. The molecule has 1 atom stereocenters. The zero-order chi connectivity index (χ0) is 11.0. The van der Waals surface area contributed by atoms with E-state index in [1.807, 2.05) is 6.92 Å². The van der Waals surface area contributed by atoms with Gasteiger partial charge in [-0.05, 0) is 6.42 Å². The number of rotatable bonds is 6.